The first kappa shape index (κ1) is 18.9. The highest BCUT2D eigenvalue weighted by atomic mass is 16.5. The molecular formula is C20H27N5O3. The van der Waals surface area contributed by atoms with E-state index in [1.165, 1.54) is 0 Å². The smallest absolute Gasteiger partial charge is 0.226 e. The first-order valence-corrected chi connectivity index (χ1v) is 10.2. The largest absolute Gasteiger partial charge is 0.376 e. The monoisotopic (exact) mass is 385 g/mol. The fourth-order valence-corrected chi connectivity index (χ4v) is 3.88. The molecule has 2 aromatic heterocycles. The number of aryl methyl sites for hydroxylation is 1. The predicted octanol–water partition coefficient (Wildman–Crippen LogP) is 2.21. The number of pyridine rings is 1. The Bertz CT molecular complexity index is 803. The molecule has 0 saturated carbocycles. The van der Waals surface area contributed by atoms with Crippen LogP contribution in [0.4, 0.5) is 5.82 Å². The minimum Gasteiger partial charge on any atom is -0.376 e. The maximum absolute atomic E-state index is 12.7. The van der Waals surface area contributed by atoms with E-state index in [1.807, 2.05) is 19.1 Å². The van der Waals surface area contributed by atoms with Crippen molar-refractivity contribution in [1.29, 1.82) is 0 Å². The maximum Gasteiger partial charge on any atom is 0.226 e. The molecule has 0 aromatic carbocycles. The molecule has 2 aromatic rings. The van der Waals surface area contributed by atoms with Gasteiger partial charge in [-0.3, -0.25) is 4.79 Å². The van der Waals surface area contributed by atoms with Crippen LogP contribution in [0.2, 0.25) is 0 Å². The molecule has 4 heterocycles. The molecule has 0 spiro atoms. The Morgan fingerprint density at radius 3 is 3.07 bits per heavy atom. The Hall–Kier alpha value is -2.48. The van der Waals surface area contributed by atoms with Gasteiger partial charge in [0.1, 0.15) is 5.82 Å². The molecule has 0 aliphatic carbocycles. The van der Waals surface area contributed by atoms with Crippen molar-refractivity contribution >= 4 is 11.7 Å². The van der Waals surface area contributed by atoms with E-state index in [-0.39, 0.29) is 17.9 Å². The van der Waals surface area contributed by atoms with Gasteiger partial charge >= 0.3 is 0 Å². The Kier molecular flexibility index (Phi) is 5.85. The van der Waals surface area contributed by atoms with Crippen molar-refractivity contribution < 1.29 is 14.1 Å². The number of carbonyl (C=O) groups excluding carboxylic acids is 1. The molecule has 2 fully saturated rings. The minimum absolute atomic E-state index is 0.0542. The average Bonchev–Trinajstić information content (AvgIpc) is 3.44. The lowest BCUT2D eigenvalue weighted by molar-refractivity contribution is -0.125. The van der Waals surface area contributed by atoms with Crippen LogP contribution in [-0.2, 0) is 16.0 Å². The van der Waals surface area contributed by atoms with Crippen molar-refractivity contribution in [2.75, 3.05) is 31.1 Å². The number of carbonyl (C=O) groups is 1. The fraction of sp³-hybridized carbons (Fsp3) is 0.600. The second-order valence-electron chi connectivity index (χ2n) is 7.41. The highest BCUT2D eigenvalue weighted by Gasteiger charge is 2.29. The molecule has 8 heteroatoms. The van der Waals surface area contributed by atoms with Crippen LogP contribution in [0.3, 0.4) is 0 Å². The van der Waals surface area contributed by atoms with E-state index >= 15 is 0 Å². The normalized spacial score (nSPS) is 22.4. The molecule has 1 amide bonds. The summed E-state index contributed by atoms with van der Waals surface area (Å²) in [6.07, 6.45) is 6.56. The van der Waals surface area contributed by atoms with E-state index < -0.39 is 0 Å². The van der Waals surface area contributed by atoms with Gasteiger partial charge in [-0.25, -0.2) is 4.98 Å². The summed E-state index contributed by atoms with van der Waals surface area (Å²) in [6.45, 7) is 4.88. The summed E-state index contributed by atoms with van der Waals surface area (Å²) in [4.78, 5) is 23.9. The second-order valence-corrected chi connectivity index (χ2v) is 7.41. The van der Waals surface area contributed by atoms with E-state index in [0.717, 1.165) is 50.2 Å². The Balaban J connectivity index is 1.45. The van der Waals surface area contributed by atoms with Gasteiger partial charge in [0.05, 0.1) is 17.6 Å². The molecule has 150 valence electrons. The zero-order valence-corrected chi connectivity index (χ0v) is 16.3. The van der Waals surface area contributed by atoms with Crippen LogP contribution in [0.5, 0.6) is 0 Å². The zero-order valence-electron chi connectivity index (χ0n) is 16.3. The summed E-state index contributed by atoms with van der Waals surface area (Å²) in [7, 11) is 0. The number of nitrogens with zero attached hydrogens (tertiary/aromatic N) is 4. The number of ether oxygens (including phenoxy) is 1. The molecule has 4 rings (SSSR count). The molecule has 1 N–H and O–H groups in total. The number of anilines is 1. The van der Waals surface area contributed by atoms with Crippen molar-refractivity contribution in [3.8, 4) is 11.4 Å². The van der Waals surface area contributed by atoms with Gasteiger partial charge in [0, 0.05) is 38.9 Å². The molecular weight excluding hydrogens is 358 g/mol. The fourth-order valence-electron chi connectivity index (χ4n) is 3.88. The quantitative estimate of drug-likeness (QED) is 0.815. The third kappa shape index (κ3) is 4.16. The lowest BCUT2D eigenvalue weighted by atomic mass is 9.96. The number of hydrogen-bond acceptors (Lipinski definition) is 7. The van der Waals surface area contributed by atoms with Crippen LogP contribution in [-0.4, -0.2) is 53.4 Å². The molecule has 0 radical (unpaired) electrons. The summed E-state index contributed by atoms with van der Waals surface area (Å²) in [5.74, 6) is 2.01. The van der Waals surface area contributed by atoms with E-state index in [4.69, 9.17) is 9.26 Å². The van der Waals surface area contributed by atoms with Gasteiger partial charge in [0.15, 0.2) is 0 Å². The Labute approximate surface area is 164 Å². The van der Waals surface area contributed by atoms with Crippen molar-refractivity contribution in [1.82, 2.24) is 20.4 Å². The van der Waals surface area contributed by atoms with Gasteiger partial charge in [-0.1, -0.05) is 12.1 Å². The SMILES string of the molecule is CCc1nc(-c2cccnc2N2CCC[C@@H](C(=O)NC[C@H]3CCCO3)C2)no1. The lowest BCUT2D eigenvalue weighted by Gasteiger charge is -2.33. The third-order valence-corrected chi connectivity index (χ3v) is 5.42. The zero-order chi connectivity index (χ0) is 19.3. The number of piperidine rings is 1. The Morgan fingerprint density at radius 2 is 2.29 bits per heavy atom. The van der Waals surface area contributed by atoms with E-state index in [0.29, 0.717) is 31.2 Å². The van der Waals surface area contributed by atoms with Gasteiger partial charge < -0.3 is 19.5 Å². The van der Waals surface area contributed by atoms with Crippen LogP contribution in [0, 0.1) is 5.92 Å². The number of nitrogens with one attached hydrogen (secondary N) is 1. The van der Waals surface area contributed by atoms with E-state index in [9.17, 15) is 4.79 Å². The molecule has 2 atom stereocenters. The first-order valence-electron chi connectivity index (χ1n) is 10.2. The topological polar surface area (TPSA) is 93.4 Å². The van der Waals surface area contributed by atoms with E-state index in [2.05, 4.69) is 25.3 Å². The van der Waals surface area contributed by atoms with Crippen LogP contribution in [0.15, 0.2) is 22.9 Å². The lowest BCUT2D eigenvalue weighted by Crippen LogP contribution is -2.45. The highest BCUT2D eigenvalue weighted by molar-refractivity contribution is 5.80. The van der Waals surface area contributed by atoms with Crippen LogP contribution < -0.4 is 10.2 Å². The molecule has 2 aliphatic rings. The summed E-state index contributed by atoms with van der Waals surface area (Å²) >= 11 is 0. The van der Waals surface area contributed by atoms with Crippen LogP contribution in [0.25, 0.3) is 11.4 Å². The van der Waals surface area contributed by atoms with Crippen molar-refractivity contribution in [2.45, 2.75) is 45.1 Å². The predicted molar refractivity (Wildman–Crippen MR) is 104 cm³/mol. The standard InChI is InChI=1S/C20H27N5O3/c1-2-17-23-18(24-28-17)16-8-3-9-21-19(16)25-10-4-6-14(13-25)20(26)22-12-15-7-5-11-27-15/h3,8-9,14-15H,2,4-7,10-13H2,1H3,(H,22,26)/t14-,15-/m1/s1. The second kappa shape index (κ2) is 8.68. The average molecular weight is 385 g/mol. The van der Waals surface area contributed by atoms with Crippen LogP contribution in [0.1, 0.15) is 38.5 Å². The molecule has 2 saturated heterocycles. The number of hydrogen-bond donors (Lipinski definition) is 1. The van der Waals surface area contributed by atoms with Crippen molar-refractivity contribution in [3.63, 3.8) is 0 Å². The highest BCUT2D eigenvalue weighted by Crippen LogP contribution is 2.30. The van der Waals surface area contributed by atoms with Gasteiger partial charge in [-0.15, -0.1) is 0 Å². The third-order valence-electron chi connectivity index (χ3n) is 5.42. The van der Waals surface area contributed by atoms with Gasteiger partial charge in [-0.05, 0) is 37.8 Å². The number of aromatic nitrogens is 3. The van der Waals surface area contributed by atoms with E-state index in [1.54, 1.807) is 6.20 Å². The Morgan fingerprint density at radius 1 is 1.36 bits per heavy atom. The minimum atomic E-state index is -0.0542. The summed E-state index contributed by atoms with van der Waals surface area (Å²) < 4.78 is 10.9. The van der Waals surface area contributed by atoms with Gasteiger partial charge in [0.25, 0.3) is 0 Å². The number of rotatable bonds is 6. The summed E-state index contributed by atoms with van der Waals surface area (Å²) in [5.41, 5.74) is 0.839. The maximum atomic E-state index is 12.7. The molecule has 2 aliphatic heterocycles. The number of amides is 1. The summed E-state index contributed by atoms with van der Waals surface area (Å²) in [6, 6.07) is 3.82. The molecule has 8 nitrogen and oxygen atoms in total. The van der Waals surface area contributed by atoms with Crippen molar-refractivity contribution in [2.24, 2.45) is 5.92 Å². The van der Waals surface area contributed by atoms with Crippen molar-refractivity contribution in [3.05, 3.63) is 24.2 Å². The first-order chi connectivity index (χ1) is 13.7. The molecule has 28 heavy (non-hydrogen) atoms. The van der Waals surface area contributed by atoms with Crippen LogP contribution >= 0.6 is 0 Å². The van der Waals surface area contributed by atoms with Gasteiger partial charge in [-0.2, -0.15) is 4.98 Å². The molecule has 0 bridgehead atoms. The van der Waals surface area contributed by atoms with Gasteiger partial charge in [0.2, 0.25) is 17.6 Å². The summed E-state index contributed by atoms with van der Waals surface area (Å²) in [5, 5.41) is 7.17. The molecule has 0 unspecified atom stereocenters.